The minimum Gasteiger partial charge on any atom is -0.444 e. The van der Waals surface area contributed by atoms with Crippen molar-refractivity contribution in [2.75, 3.05) is 31.1 Å². The predicted molar refractivity (Wildman–Crippen MR) is 119 cm³/mol. The van der Waals surface area contributed by atoms with Gasteiger partial charge in [0.05, 0.1) is 5.69 Å². The van der Waals surface area contributed by atoms with E-state index in [2.05, 4.69) is 23.5 Å². The SMILES string of the molecule is CC(C)Cc1cc(N2CCN(C(=O)OC(C)(C)C)CC2)nn1-c1ccc(OC(F)(F)F)cc1. The molecule has 1 amide bonds. The summed E-state index contributed by atoms with van der Waals surface area (Å²) in [5.74, 6) is 0.859. The van der Waals surface area contributed by atoms with Gasteiger partial charge in [-0.1, -0.05) is 13.8 Å². The van der Waals surface area contributed by atoms with Gasteiger partial charge in [0.2, 0.25) is 0 Å². The standard InChI is InChI=1S/C23H31F3N4O3/c1-16(2)14-18-15-20(28-10-12-29(13-11-28)21(31)33-22(3,4)5)27-30(18)17-6-8-19(9-7-17)32-23(24,25)26/h6-9,15-16H,10-14H2,1-5H3. The number of nitrogens with zero attached hydrogens (tertiary/aromatic N) is 4. The second-order valence-corrected chi connectivity index (χ2v) is 9.50. The molecule has 3 rings (SSSR count). The third kappa shape index (κ3) is 7.03. The summed E-state index contributed by atoms with van der Waals surface area (Å²) in [5, 5.41) is 4.74. The first-order valence-electron chi connectivity index (χ1n) is 11.0. The van der Waals surface area contributed by atoms with Gasteiger partial charge >= 0.3 is 12.5 Å². The van der Waals surface area contributed by atoms with Gasteiger partial charge in [-0.2, -0.15) is 5.10 Å². The van der Waals surface area contributed by atoms with Crippen LogP contribution in [0.1, 0.15) is 40.3 Å². The number of aromatic nitrogens is 2. The van der Waals surface area contributed by atoms with E-state index in [0.717, 1.165) is 17.9 Å². The van der Waals surface area contributed by atoms with Gasteiger partial charge in [-0.3, -0.25) is 0 Å². The number of halogens is 3. The molecule has 10 heteroatoms. The highest BCUT2D eigenvalue weighted by atomic mass is 19.4. The minimum absolute atomic E-state index is 0.276. The highest BCUT2D eigenvalue weighted by Gasteiger charge is 2.31. The summed E-state index contributed by atoms with van der Waals surface area (Å²) in [6.45, 7) is 12.0. The molecule has 1 aliphatic heterocycles. The van der Waals surface area contributed by atoms with E-state index in [1.54, 1.807) is 21.7 Å². The second-order valence-electron chi connectivity index (χ2n) is 9.50. The molecule has 0 atom stereocenters. The fourth-order valence-electron chi connectivity index (χ4n) is 3.58. The second kappa shape index (κ2) is 9.52. The maximum Gasteiger partial charge on any atom is 0.573 e. The van der Waals surface area contributed by atoms with Crippen LogP contribution in [0.3, 0.4) is 0 Å². The lowest BCUT2D eigenvalue weighted by Crippen LogP contribution is -2.50. The highest BCUT2D eigenvalue weighted by Crippen LogP contribution is 2.26. The largest absolute Gasteiger partial charge is 0.573 e. The Morgan fingerprint density at radius 2 is 1.67 bits per heavy atom. The fourth-order valence-corrected chi connectivity index (χ4v) is 3.58. The quantitative estimate of drug-likeness (QED) is 0.616. The van der Waals surface area contributed by atoms with Crippen molar-refractivity contribution in [3.05, 3.63) is 36.0 Å². The number of alkyl halides is 3. The third-order valence-electron chi connectivity index (χ3n) is 4.96. The zero-order chi connectivity index (χ0) is 24.4. The van der Waals surface area contributed by atoms with Gasteiger partial charge in [-0.05, 0) is 57.4 Å². The summed E-state index contributed by atoms with van der Waals surface area (Å²) in [5.41, 5.74) is 1.07. The van der Waals surface area contributed by atoms with E-state index in [9.17, 15) is 18.0 Å². The molecule has 1 aliphatic rings. The number of hydrogen-bond donors (Lipinski definition) is 0. The summed E-state index contributed by atoms with van der Waals surface area (Å²) in [7, 11) is 0. The van der Waals surface area contributed by atoms with Crippen molar-refractivity contribution in [2.45, 2.75) is 53.0 Å². The summed E-state index contributed by atoms with van der Waals surface area (Å²) in [4.78, 5) is 16.1. The number of rotatable bonds is 5. The molecule has 0 N–H and O–H groups in total. The van der Waals surface area contributed by atoms with Crippen LogP contribution in [-0.2, 0) is 11.2 Å². The zero-order valence-electron chi connectivity index (χ0n) is 19.6. The lowest BCUT2D eigenvalue weighted by molar-refractivity contribution is -0.274. The molecule has 182 valence electrons. The number of hydrogen-bond acceptors (Lipinski definition) is 5. The molecule has 33 heavy (non-hydrogen) atoms. The van der Waals surface area contributed by atoms with Crippen molar-refractivity contribution < 1.29 is 27.4 Å². The maximum absolute atomic E-state index is 12.5. The number of benzene rings is 1. The molecule has 2 aromatic rings. The van der Waals surface area contributed by atoms with Gasteiger partial charge in [0.15, 0.2) is 5.82 Å². The molecule has 7 nitrogen and oxygen atoms in total. The molecule has 1 fully saturated rings. The Kier molecular flexibility index (Phi) is 7.14. The Bertz CT molecular complexity index is 941. The highest BCUT2D eigenvalue weighted by molar-refractivity contribution is 5.68. The molecule has 1 saturated heterocycles. The Morgan fingerprint density at radius 3 is 2.18 bits per heavy atom. The van der Waals surface area contributed by atoms with Crippen LogP contribution in [0.15, 0.2) is 30.3 Å². The number of amides is 1. The minimum atomic E-state index is -4.73. The molecule has 0 bridgehead atoms. The molecule has 0 unspecified atom stereocenters. The van der Waals surface area contributed by atoms with E-state index in [-0.39, 0.29) is 11.8 Å². The zero-order valence-corrected chi connectivity index (χ0v) is 19.6. The van der Waals surface area contributed by atoms with Crippen LogP contribution < -0.4 is 9.64 Å². The van der Waals surface area contributed by atoms with Gasteiger partial charge in [-0.25, -0.2) is 9.48 Å². The van der Waals surface area contributed by atoms with Crippen molar-refractivity contribution in [1.82, 2.24) is 14.7 Å². The summed E-state index contributed by atoms with van der Waals surface area (Å²) < 4.78 is 48.6. The molecule has 1 aromatic carbocycles. The number of ether oxygens (including phenoxy) is 2. The Hall–Kier alpha value is -2.91. The maximum atomic E-state index is 12.5. The summed E-state index contributed by atoms with van der Waals surface area (Å²) in [6.07, 6.45) is -4.30. The Morgan fingerprint density at radius 1 is 1.06 bits per heavy atom. The molecule has 0 saturated carbocycles. The lowest BCUT2D eigenvalue weighted by atomic mass is 10.1. The number of anilines is 1. The Balaban J connectivity index is 1.75. The molecule has 0 spiro atoms. The first kappa shape index (κ1) is 24.7. The smallest absolute Gasteiger partial charge is 0.444 e. The normalized spacial score (nSPS) is 15.2. The molecule has 0 radical (unpaired) electrons. The van der Waals surface area contributed by atoms with Crippen molar-refractivity contribution >= 4 is 11.9 Å². The van der Waals surface area contributed by atoms with Crippen molar-refractivity contribution in [3.63, 3.8) is 0 Å². The van der Waals surface area contributed by atoms with Crippen LogP contribution in [0.5, 0.6) is 5.75 Å². The van der Waals surface area contributed by atoms with Gasteiger partial charge in [0.25, 0.3) is 0 Å². The van der Waals surface area contributed by atoms with Crippen LogP contribution in [0.2, 0.25) is 0 Å². The molecular weight excluding hydrogens is 437 g/mol. The summed E-state index contributed by atoms with van der Waals surface area (Å²) in [6, 6.07) is 7.68. The van der Waals surface area contributed by atoms with Crippen LogP contribution in [-0.4, -0.2) is 58.9 Å². The average molecular weight is 469 g/mol. The topological polar surface area (TPSA) is 59.8 Å². The number of carbonyl (C=O) groups is 1. The van der Waals surface area contributed by atoms with Crippen LogP contribution >= 0.6 is 0 Å². The van der Waals surface area contributed by atoms with E-state index in [4.69, 9.17) is 9.84 Å². The van der Waals surface area contributed by atoms with Crippen molar-refractivity contribution in [2.24, 2.45) is 5.92 Å². The van der Waals surface area contributed by atoms with E-state index in [1.165, 1.54) is 12.1 Å². The lowest BCUT2D eigenvalue weighted by Gasteiger charge is -2.35. The van der Waals surface area contributed by atoms with Crippen LogP contribution in [0.25, 0.3) is 5.69 Å². The van der Waals surface area contributed by atoms with E-state index >= 15 is 0 Å². The molecule has 2 heterocycles. The van der Waals surface area contributed by atoms with E-state index in [0.29, 0.717) is 37.8 Å². The Labute approximate surface area is 192 Å². The van der Waals surface area contributed by atoms with Crippen LogP contribution in [0, 0.1) is 5.92 Å². The number of piperazine rings is 1. The first-order chi connectivity index (χ1) is 15.3. The molecule has 1 aromatic heterocycles. The third-order valence-corrected chi connectivity index (χ3v) is 4.96. The first-order valence-corrected chi connectivity index (χ1v) is 11.0. The van der Waals surface area contributed by atoms with Gasteiger partial charge in [0.1, 0.15) is 11.4 Å². The molecule has 0 aliphatic carbocycles. The monoisotopic (exact) mass is 468 g/mol. The van der Waals surface area contributed by atoms with Gasteiger partial charge < -0.3 is 19.3 Å². The van der Waals surface area contributed by atoms with Gasteiger partial charge in [0, 0.05) is 37.9 Å². The van der Waals surface area contributed by atoms with Crippen molar-refractivity contribution in [3.8, 4) is 11.4 Å². The fraction of sp³-hybridized carbons (Fsp3) is 0.565. The van der Waals surface area contributed by atoms with Crippen LogP contribution in [0.4, 0.5) is 23.8 Å². The molecular formula is C23H31F3N4O3. The average Bonchev–Trinajstić information content (AvgIpc) is 3.09. The number of carbonyl (C=O) groups excluding carboxylic acids is 1. The van der Waals surface area contributed by atoms with E-state index < -0.39 is 12.0 Å². The van der Waals surface area contributed by atoms with Gasteiger partial charge in [-0.15, -0.1) is 13.2 Å². The van der Waals surface area contributed by atoms with Crippen molar-refractivity contribution in [1.29, 1.82) is 0 Å². The van der Waals surface area contributed by atoms with E-state index in [1.807, 2.05) is 26.8 Å². The summed E-state index contributed by atoms with van der Waals surface area (Å²) >= 11 is 0. The predicted octanol–water partition coefficient (Wildman–Crippen LogP) is 5.03.